The number of anilines is 3. The number of rotatable bonds is 5. The van der Waals surface area contributed by atoms with Gasteiger partial charge in [-0.1, -0.05) is 6.07 Å². The molecule has 6 rings (SSSR count). The number of carbonyl (C=O) groups is 3. The van der Waals surface area contributed by atoms with Crippen LogP contribution in [0.2, 0.25) is 0 Å². The summed E-state index contributed by atoms with van der Waals surface area (Å²) in [5, 5.41) is 12.0. The van der Waals surface area contributed by atoms with Gasteiger partial charge in [-0.15, -0.1) is 0 Å². The first-order valence-electron chi connectivity index (χ1n) is 13.8. The second kappa shape index (κ2) is 10.4. The Morgan fingerprint density at radius 3 is 2.40 bits per heavy atom. The lowest BCUT2D eigenvalue weighted by Crippen LogP contribution is -2.47. The Bertz CT molecular complexity index is 1740. The van der Waals surface area contributed by atoms with Crippen molar-refractivity contribution in [1.29, 1.82) is 0 Å². The van der Waals surface area contributed by atoms with Crippen molar-refractivity contribution in [2.24, 2.45) is 0 Å². The molecule has 14 heteroatoms. The molecule has 3 aliphatic heterocycles. The van der Waals surface area contributed by atoms with Gasteiger partial charge in [-0.25, -0.2) is 18.4 Å². The number of hydrogen-bond acceptors (Lipinski definition) is 8. The van der Waals surface area contributed by atoms with Crippen molar-refractivity contribution in [3.63, 3.8) is 0 Å². The fourth-order valence-corrected chi connectivity index (χ4v) is 6.00. The summed E-state index contributed by atoms with van der Waals surface area (Å²) in [6.07, 6.45) is -0.433. The van der Waals surface area contributed by atoms with Crippen molar-refractivity contribution in [2.45, 2.75) is 39.1 Å². The highest BCUT2D eigenvalue weighted by atomic mass is 19.1. The number of ether oxygens (including phenoxy) is 2. The Labute approximate surface area is 244 Å². The lowest BCUT2D eigenvalue weighted by atomic mass is 10.1. The number of cyclic esters (lactones) is 1. The number of aromatic nitrogens is 1. The molecule has 3 atom stereocenters. The number of halogens is 2. The number of amides is 2. The van der Waals surface area contributed by atoms with Crippen LogP contribution in [0.1, 0.15) is 37.2 Å². The zero-order valence-corrected chi connectivity index (χ0v) is 23.6. The van der Waals surface area contributed by atoms with E-state index in [1.54, 1.807) is 33.4 Å². The van der Waals surface area contributed by atoms with E-state index < -0.39 is 47.0 Å². The molecule has 0 bridgehead atoms. The van der Waals surface area contributed by atoms with E-state index >= 15 is 8.78 Å². The molecule has 0 spiro atoms. The third-order valence-corrected chi connectivity index (χ3v) is 8.14. The molecule has 2 saturated heterocycles. The van der Waals surface area contributed by atoms with E-state index in [0.29, 0.717) is 18.6 Å². The van der Waals surface area contributed by atoms with Crippen molar-refractivity contribution in [1.82, 2.24) is 9.88 Å². The maximum atomic E-state index is 15.9. The number of nitrogens with zero attached hydrogens (tertiary/aromatic N) is 4. The summed E-state index contributed by atoms with van der Waals surface area (Å²) in [7, 11) is 0. The molecular weight excluding hydrogens is 568 g/mol. The van der Waals surface area contributed by atoms with E-state index in [1.165, 1.54) is 24.1 Å². The highest BCUT2D eigenvalue weighted by Crippen LogP contribution is 2.42. The summed E-state index contributed by atoms with van der Waals surface area (Å²) in [6, 6.07) is 4.79. The first-order chi connectivity index (χ1) is 20.5. The number of pyridine rings is 1. The Morgan fingerprint density at radius 1 is 1.05 bits per heavy atom. The summed E-state index contributed by atoms with van der Waals surface area (Å²) in [5.41, 5.74) is -0.489. The Hall–Kier alpha value is -4.88. The third kappa shape index (κ3) is 4.57. The maximum Gasteiger partial charge on any atom is 0.416 e. The average Bonchev–Trinajstić information content (AvgIpc) is 3.23. The second-order valence-electron chi connectivity index (χ2n) is 10.9. The molecule has 43 heavy (non-hydrogen) atoms. The standard InChI is InChI=1S/C29H29F2N5O7/c1-14-13-42-26-23-17(25(38)18(28(39)40)12-35(14)23)11-19(30)24(26)34-9-7-33(8-10-34)20-5-4-6-21(22(20)31)36-15(2)27(32-16(3)37)43-29(36)41/h4-6,11-12,14-15,27H,7-10,13H2,1-3H3,(H,32,37)(H,39,40)/t14?,15?,27-/m0/s1. The van der Waals surface area contributed by atoms with Gasteiger partial charge in [-0.05, 0) is 32.0 Å². The van der Waals surface area contributed by atoms with Crippen molar-refractivity contribution in [3.05, 3.63) is 57.9 Å². The highest BCUT2D eigenvalue weighted by Gasteiger charge is 2.42. The van der Waals surface area contributed by atoms with Crippen LogP contribution in [0, 0.1) is 11.6 Å². The van der Waals surface area contributed by atoms with Crippen LogP contribution in [0.5, 0.6) is 5.75 Å². The van der Waals surface area contributed by atoms with E-state index in [4.69, 9.17) is 9.47 Å². The summed E-state index contributed by atoms with van der Waals surface area (Å²) >= 11 is 0. The maximum absolute atomic E-state index is 15.9. The monoisotopic (exact) mass is 597 g/mol. The molecule has 2 unspecified atom stereocenters. The minimum atomic E-state index is -1.39. The van der Waals surface area contributed by atoms with Gasteiger partial charge in [-0.3, -0.25) is 14.5 Å². The van der Waals surface area contributed by atoms with Crippen molar-refractivity contribution >= 4 is 45.9 Å². The van der Waals surface area contributed by atoms with E-state index in [0.717, 1.165) is 6.07 Å². The van der Waals surface area contributed by atoms with Gasteiger partial charge in [0.1, 0.15) is 17.9 Å². The molecule has 0 saturated carbocycles. The summed E-state index contributed by atoms with van der Waals surface area (Å²) < 4.78 is 44.4. The quantitative estimate of drug-likeness (QED) is 0.455. The van der Waals surface area contributed by atoms with E-state index in [-0.39, 0.29) is 59.8 Å². The molecule has 3 aromatic rings. The molecule has 226 valence electrons. The van der Waals surface area contributed by atoms with Crippen LogP contribution in [0.4, 0.5) is 30.6 Å². The van der Waals surface area contributed by atoms with E-state index in [1.807, 2.05) is 6.92 Å². The number of piperazine rings is 1. The molecule has 2 fully saturated rings. The third-order valence-electron chi connectivity index (χ3n) is 8.14. The summed E-state index contributed by atoms with van der Waals surface area (Å²) in [4.78, 5) is 53.4. The zero-order valence-electron chi connectivity index (χ0n) is 23.6. The number of carboxylic acid groups (broad SMARTS) is 1. The van der Waals surface area contributed by atoms with Crippen LogP contribution in [0.15, 0.2) is 35.3 Å². The normalized spacial score (nSPS) is 21.6. The van der Waals surface area contributed by atoms with Gasteiger partial charge in [0.15, 0.2) is 23.6 Å². The largest absolute Gasteiger partial charge is 0.487 e. The predicted octanol–water partition coefficient (Wildman–Crippen LogP) is 3.07. The molecular formula is C29H29F2N5O7. The fraction of sp³-hybridized carbons (Fsp3) is 0.379. The van der Waals surface area contributed by atoms with Gasteiger partial charge in [0.05, 0.1) is 34.4 Å². The Morgan fingerprint density at radius 2 is 1.72 bits per heavy atom. The van der Waals surface area contributed by atoms with Gasteiger partial charge in [0.2, 0.25) is 11.3 Å². The SMILES string of the molecule is CC(=O)N[C@H]1OC(=O)N(c2cccc(N3CCN(c4c(F)cc5c(=O)c(C(=O)O)cn6c5c4OCC6C)CC3)c2F)C1C. The molecule has 12 nitrogen and oxygen atoms in total. The van der Waals surface area contributed by atoms with Gasteiger partial charge in [-0.2, -0.15) is 0 Å². The molecule has 3 aliphatic rings. The lowest BCUT2D eigenvalue weighted by Gasteiger charge is -2.39. The van der Waals surface area contributed by atoms with Crippen LogP contribution in [0.3, 0.4) is 0 Å². The number of nitrogens with one attached hydrogen (secondary N) is 1. The number of carbonyl (C=O) groups excluding carboxylic acids is 2. The van der Waals surface area contributed by atoms with Crippen molar-refractivity contribution < 1.29 is 37.7 Å². The molecule has 1 aromatic heterocycles. The van der Waals surface area contributed by atoms with Gasteiger partial charge in [0.25, 0.3) is 0 Å². The minimum absolute atomic E-state index is 0.0107. The summed E-state index contributed by atoms with van der Waals surface area (Å²) in [5.74, 6) is -2.97. The van der Waals surface area contributed by atoms with Crippen molar-refractivity contribution in [2.75, 3.05) is 47.5 Å². The van der Waals surface area contributed by atoms with Gasteiger partial charge in [0, 0.05) is 39.3 Å². The van der Waals surface area contributed by atoms with Gasteiger partial charge >= 0.3 is 12.1 Å². The van der Waals surface area contributed by atoms with Crippen molar-refractivity contribution in [3.8, 4) is 5.75 Å². The topological polar surface area (TPSA) is 134 Å². The molecule has 2 N–H and O–H groups in total. The number of benzene rings is 2. The molecule has 4 heterocycles. The highest BCUT2D eigenvalue weighted by molar-refractivity contribution is 5.97. The number of hydrogen-bond donors (Lipinski definition) is 2. The summed E-state index contributed by atoms with van der Waals surface area (Å²) in [6.45, 7) is 6.06. The Balaban J connectivity index is 1.28. The molecule has 0 aliphatic carbocycles. The predicted molar refractivity (Wildman–Crippen MR) is 152 cm³/mol. The van der Waals surface area contributed by atoms with Crippen LogP contribution < -0.4 is 30.2 Å². The van der Waals surface area contributed by atoms with Crippen LogP contribution in [0.25, 0.3) is 10.9 Å². The van der Waals surface area contributed by atoms with Crippen LogP contribution in [-0.2, 0) is 9.53 Å². The van der Waals surface area contributed by atoms with Gasteiger partial charge < -0.3 is 34.3 Å². The average molecular weight is 598 g/mol. The lowest BCUT2D eigenvalue weighted by molar-refractivity contribution is -0.121. The smallest absolute Gasteiger partial charge is 0.416 e. The van der Waals surface area contributed by atoms with E-state index in [2.05, 4.69) is 5.32 Å². The molecule has 2 aromatic carbocycles. The molecule has 0 radical (unpaired) electrons. The molecule has 2 amide bonds. The number of aromatic carboxylic acids is 1. The zero-order chi connectivity index (χ0) is 30.7. The van der Waals surface area contributed by atoms with Crippen LogP contribution in [-0.4, -0.2) is 72.7 Å². The van der Waals surface area contributed by atoms with E-state index in [9.17, 15) is 24.3 Å². The first-order valence-corrected chi connectivity index (χ1v) is 13.8. The Kier molecular flexibility index (Phi) is 6.86. The minimum Gasteiger partial charge on any atom is -0.487 e. The number of carboxylic acids is 1. The van der Waals surface area contributed by atoms with Crippen LogP contribution >= 0.6 is 0 Å². The fourth-order valence-electron chi connectivity index (χ4n) is 6.00. The second-order valence-corrected chi connectivity index (χ2v) is 10.9. The first kappa shape index (κ1) is 28.2.